The first-order valence-corrected chi connectivity index (χ1v) is 8.14. The Balaban J connectivity index is 2.11. The average molecular weight is 306 g/mol. The Hall–Kier alpha value is -2.08. The molecule has 2 aromatic rings. The van der Waals surface area contributed by atoms with Crippen LogP contribution >= 0.6 is 0 Å². The second-order valence-electron chi connectivity index (χ2n) is 4.83. The fourth-order valence-electron chi connectivity index (χ4n) is 2.41. The number of hydrogen-bond acceptors (Lipinski definition) is 3. The first-order valence-electron chi connectivity index (χ1n) is 6.70. The number of benzene rings is 2. The molecular formula is C15H15FN2O2S. The van der Waals surface area contributed by atoms with E-state index in [0.717, 1.165) is 11.8 Å². The van der Waals surface area contributed by atoms with Crippen LogP contribution in [0.1, 0.15) is 6.42 Å². The summed E-state index contributed by atoms with van der Waals surface area (Å²) in [4.78, 5) is -0.0285. The summed E-state index contributed by atoms with van der Waals surface area (Å²) in [5.41, 5.74) is 1.37. The Morgan fingerprint density at radius 1 is 1.10 bits per heavy atom. The molecule has 6 heteroatoms. The number of para-hydroxylation sites is 2. The van der Waals surface area contributed by atoms with Gasteiger partial charge in [0.15, 0.2) is 0 Å². The summed E-state index contributed by atoms with van der Waals surface area (Å²) in [6.07, 6.45) is 0.684. The molecular weight excluding hydrogens is 291 g/mol. The van der Waals surface area contributed by atoms with Crippen molar-refractivity contribution in [3.63, 3.8) is 0 Å². The van der Waals surface area contributed by atoms with Crippen molar-refractivity contribution in [1.82, 2.24) is 0 Å². The third kappa shape index (κ3) is 2.58. The number of rotatable bonds is 2. The van der Waals surface area contributed by atoms with Crippen LogP contribution in [0.25, 0.3) is 0 Å². The standard InChI is InChI=1S/C15H15FN2O2S/c16-12-5-3-6-13(11-12)21(19,20)18-10-4-9-17-14-7-1-2-8-15(14)18/h1-3,5-8,11,17H,4,9-10H2. The van der Waals surface area contributed by atoms with Crippen molar-refractivity contribution in [3.05, 3.63) is 54.3 Å². The lowest BCUT2D eigenvalue weighted by atomic mass is 10.2. The van der Waals surface area contributed by atoms with Crippen molar-refractivity contribution in [3.8, 4) is 0 Å². The van der Waals surface area contributed by atoms with Crippen LogP contribution in [0, 0.1) is 5.82 Å². The van der Waals surface area contributed by atoms with Crippen molar-refractivity contribution in [2.24, 2.45) is 0 Å². The quantitative estimate of drug-likeness (QED) is 0.928. The van der Waals surface area contributed by atoms with E-state index in [9.17, 15) is 12.8 Å². The highest BCUT2D eigenvalue weighted by Crippen LogP contribution is 2.32. The van der Waals surface area contributed by atoms with Crippen LogP contribution < -0.4 is 9.62 Å². The topological polar surface area (TPSA) is 49.4 Å². The highest BCUT2D eigenvalue weighted by Gasteiger charge is 2.28. The van der Waals surface area contributed by atoms with E-state index in [-0.39, 0.29) is 4.90 Å². The summed E-state index contributed by atoms with van der Waals surface area (Å²) in [6.45, 7) is 1.06. The van der Waals surface area contributed by atoms with E-state index in [0.29, 0.717) is 25.2 Å². The summed E-state index contributed by atoms with van der Waals surface area (Å²) in [6, 6.07) is 12.3. The summed E-state index contributed by atoms with van der Waals surface area (Å²) < 4.78 is 40.3. The van der Waals surface area contributed by atoms with Gasteiger partial charge in [0.25, 0.3) is 10.0 Å². The van der Waals surface area contributed by atoms with Crippen LogP contribution in [-0.4, -0.2) is 21.5 Å². The third-order valence-electron chi connectivity index (χ3n) is 3.41. The minimum absolute atomic E-state index is 0.0285. The number of fused-ring (bicyclic) bond motifs is 1. The van der Waals surface area contributed by atoms with Gasteiger partial charge >= 0.3 is 0 Å². The molecule has 2 aromatic carbocycles. The number of halogens is 1. The molecule has 0 aromatic heterocycles. The van der Waals surface area contributed by atoms with Crippen molar-refractivity contribution in [2.75, 3.05) is 22.7 Å². The zero-order valence-corrected chi connectivity index (χ0v) is 12.1. The van der Waals surface area contributed by atoms with Gasteiger partial charge in [-0.15, -0.1) is 0 Å². The molecule has 4 nitrogen and oxygen atoms in total. The van der Waals surface area contributed by atoms with Gasteiger partial charge in [0.05, 0.1) is 16.3 Å². The number of nitrogens with one attached hydrogen (secondary N) is 1. The number of nitrogens with zero attached hydrogens (tertiary/aromatic N) is 1. The van der Waals surface area contributed by atoms with E-state index in [4.69, 9.17) is 0 Å². The molecule has 0 atom stereocenters. The molecule has 0 amide bonds. The maximum Gasteiger partial charge on any atom is 0.264 e. The molecule has 0 radical (unpaired) electrons. The Bertz CT molecular complexity index is 762. The molecule has 1 aliphatic rings. The molecule has 3 rings (SSSR count). The Labute approximate surface area is 123 Å². The second kappa shape index (κ2) is 5.37. The largest absolute Gasteiger partial charge is 0.383 e. The molecule has 0 unspecified atom stereocenters. The molecule has 0 aliphatic carbocycles. The van der Waals surface area contributed by atoms with Gasteiger partial charge in [-0.25, -0.2) is 12.8 Å². The molecule has 1 heterocycles. The van der Waals surface area contributed by atoms with Gasteiger partial charge < -0.3 is 5.32 Å². The minimum atomic E-state index is -3.77. The molecule has 110 valence electrons. The number of sulfonamides is 1. The molecule has 1 N–H and O–H groups in total. The summed E-state index contributed by atoms with van der Waals surface area (Å²) in [5.74, 6) is -0.558. The Morgan fingerprint density at radius 2 is 1.90 bits per heavy atom. The van der Waals surface area contributed by atoms with Crippen LogP contribution in [0.3, 0.4) is 0 Å². The Kier molecular flexibility index (Phi) is 3.55. The smallest absolute Gasteiger partial charge is 0.264 e. The van der Waals surface area contributed by atoms with Crippen LogP contribution in [0.4, 0.5) is 15.8 Å². The second-order valence-corrected chi connectivity index (χ2v) is 6.69. The molecule has 0 spiro atoms. The SMILES string of the molecule is O=S(=O)(c1cccc(F)c1)N1CCCNc2ccccc21. The maximum atomic E-state index is 13.3. The van der Waals surface area contributed by atoms with Gasteiger partial charge in [0.2, 0.25) is 0 Å². The normalized spacial score (nSPS) is 15.0. The average Bonchev–Trinajstić information content (AvgIpc) is 2.70. The minimum Gasteiger partial charge on any atom is -0.383 e. The highest BCUT2D eigenvalue weighted by molar-refractivity contribution is 7.92. The first-order chi connectivity index (χ1) is 10.1. The summed E-state index contributed by atoms with van der Waals surface area (Å²) >= 11 is 0. The zero-order valence-electron chi connectivity index (χ0n) is 11.3. The van der Waals surface area contributed by atoms with E-state index in [1.807, 2.05) is 12.1 Å². The third-order valence-corrected chi connectivity index (χ3v) is 5.22. The van der Waals surface area contributed by atoms with Gasteiger partial charge in [-0.1, -0.05) is 18.2 Å². The van der Waals surface area contributed by atoms with Crippen LogP contribution in [0.15, 0.2) is 53.4 Å². The predicted octanol–water partition coefficient (Wildman–Crippen LogP) is 2.84. The lowest BCUT2D eigenvalue weighted by molar-refractivity contribution is 0.585. The van der Waals surface area contributed by atoms with E-state index < -0.39 is 15.8 Å². The monoisotopic (exact) mass is 306 g/mol. The van der Waals surface area contributed by atoms with E-state index in [2.05, 4.69) is 5.32 Å². The van der Waals surface area contributed by atoms with Gasteiger partial charge in [-0.3, -0.25) is 4.31 Å². The van der Waals surface area contributed by atoms with Crippen molar-refractivity contribution < 1.29 is 12.8 Å². The van der Waals surface area contributed by atoms with Crippen LogP contribution in [0.2, 0.25) is 0 Å². The van der Waals surface area contributed by atoms with Crippen LogP contribution in [-0.2, 0) is 10.0 Å². The maximum absolute atomic E-state index is 13.3. The van der Waals surface area contributed by atoms with Crippen molar-refractivity contribution >= 4 is 21.4 Å². The van der Waals surface area contributed by atoms with Crippen LogP contribution in [0.5, 0.6) is 0 Å². The molecule has 0 bridgehead atoms. The highest BCUT2D eigenvalue weighted by atomic mass is 32.2. The number of hydrogen-bond donors (Lipinski definition) is 1. The molecule has 0 saturated carbocycles. The van der Waals surface area contributed by atoms with Crippen molar-refractivity contribution in [2.45, 2.75) is 11.3 Å². The first kappa shape index (κ1) is 13.9. The molecule has 21 heavy (non-hydrogen) atoms. The lowest BCUT2D eigenvalue weighted by Gasteiger charge is -2.24. The Morgan fingerprint density at radius 3 is 2.71 bits per heavy atom. The summed E-state index contributed by atoms with van der Waals surface area (Å²) in [7, 11) is -3.77. The lowest BCUT2D eigenvalue weighted by Crippen LogP contribution is -2.31. The van der Waals surface area contributed by atoms with Crippen molar-refractivity contribution in [1.29, 1.82) is 0 Å². The summed E-state index contributed by atoms with van der Waals surface area (Å²) in [5, 5.41) is 3.21. The molecule has 1 aliphatic heterocycles. The fraction of sp³-hybridized carbons (Fsp3) is 0.200. The molecule has 0 saturated heterocycles. The predicted molar refractivity (Wildman–Crippen MR) is 80.5 cm³/mol. The zero-order chi connectivity index (χ0) is 14.9. The van der Waals surface area contributed by atoms with E-state index in [1.54, 1.807) is 12.1 Å². The van der Waals surface area contributed by atoms with Gasteiger partial charge in [-0.05, 0) is 36.8 Å². The van der Waals surface area contributed by atoms with E-state index >= 15 is 0 Å². The number of anilines is 2. The van der Waals surface area contributed by atoms with Gasteiger partial charge in [0, 0.05) is 13.1 Å². The fourth-order valence-corrected chi connectivity index (χ4v) is 3.97. The van der Waals surface area contributed by atoms with Gasteiger partial charge in [0.1, 0.15) is 5.82 Å². The molecule has 0 fully saturated rings. The van der Waals surface area contributed by atoms with E-state index in [1.165, 1.54) is 22.5 Å². The van der Waals surface area contributed by atoms with Gasteiger partial charge in [-0.2, -0.15) is 0 Å².